The molecule has 2 rings (SSSR count). The van der Waals surface area contributed by atoms with Crippen LogP contribution in [0.2, 0.25) is 0 Å². The molecule has 112 valence electrons. The summed E-state index contributed by atoms with van der Waals surface area (Å²) in [5.41, 5.74) is 2.70. The Labute approximate surface area is 117 Å². The van der Waals surface area contributed by atoms with E-state index in [1.54, 1.807) is 0 Å². The number of ether oxygens (including phenoxy) is 1. The summed E-state index contributed by atoms with van der Waals surface area (Å²) in [6, 6.07) is 8.75. The quantitative estimate of drug-likeness (QED) is 0.810. The Morgan fingerprint density at radius 3 is 2.60 bits per heavy atom. The summed E-state index contributed by atoms with van der Waals surface area (Å²) >= 11 is 0. The second-order valence-corrected chi connectivity index (χ2v) is 5.34. The van der Waals surface area contributed by atoms with Gasteiger partial charge in [0.2, 0.25) is 0 Å². The largest absolute Gasteiger partial charge is 0.411 e. The molecule has 5 heteroatoms. The minimum atomic E-state index is -4.23. The van der Waals surface area contributed by atoms with Crippen molar-refractivity contribution in [2.24, 2.45) is 0 Å². The van der Waals surface area contributed by atoms with Crippen LogP contribution in [-0.4, -0.2) is 32.0 Å². The van der Waals surface area contributed by atoms with Gasteiger partial charge in [-0.2, -0.15) is 13.2 Å². The predicted molar refractivity (Wildman–Crippen MR) is 71.8 cm³/mol. The van der Waals surface area contributed by atoms with Gasteiger partial charge in [-0.15, -0.1) is 0 Å². The van der Waals surface area contributed by atoms with Crippen LogP contribution >= 0.6 is 0 Å². The van der Waals surface area contributed by atoms with Crippen molar-refractivity contribution in [1.29, 1.82) is 0 Å². The van der Waals surface area contributed by atoms with Crippen LogP contribution in [0.1, 0.15) is 29.9 Å². The number of hydrogen-bond donors (Lipinski definition) is 1. The van der Waals surface area contributed by atoms with Gasteiger partial charge in [0.05, 0.1) is 6.61 Å². The van der Waals surface area contributed by atoms with E-state index >= 15 is 0 Å². The van der Waals surface area contributed by atoms with Gasteiger partial charge < -0.3 is 10.1 Å². The number of hydrogen-bond acceptors (Lipinski definition) is 2. The number of halogens is 3. The van der Waals surface area contributed by atoms with Crippen molar-refractivity contribution in [2.45, 2.75) is 37.9 Å². The van der Waals surface area contributed by atoms with Crippen molar-refractivity contribution < 1.29 is 17.9 Å². The fourth-order valence-electron chi connectivity index (χ4n) is 2.61. The van der Waals surface area contributed by atoms with Crippen LogP contribution in [0.3, 0.4) is 0 Å². The van der Waals surface area contributed by atoms with Gasteiger partial charge in [0.25, 0.3) is 0 Å². The van der Waals surface area contributed by atoms with E-state index in [1.165, 1.54) is 11.1 Å². The standard InChI is InChI=1S/C15H20F3NO/c1-11-4-2-3-5-14(11)12-8-13(9-12)19-6-7-20-10-15(16,17)18/h2-5,12-13,19H,6-10H2,1H3. The molecule has 0 amide bonds. The molecule has 0 atom stereocenters. The average molecular weight is 287 g/mol. The summed E-state index contributed by atoms with van der Waals surface area (Å²) in [7, 11) is 0. The molecular weight excluding hydrogens is 267 g/mol. The monoisotopic (exact) mass is 287 g/mol. The lowest BCUT2D eigenvalue weighted by Crippen LogP contribution is -2.41. The minimum Gasteiger partial charge on any atom is -0.371 e. The Bertz CT molecular complexity index is 427. The minimum absolute atomic E-state index is 0.102. The first-order chi connectivity index (χ1) is 9.46. The first-order valence-electron chi connectivity index (χ1n) is 6.89. The van der Waals surface area contributed by atoms with Crippen LogP contribution in [0.4, 0.5) is 13.2 Å². The number of rotatable bonds is 6. The third-order valence-corrected chi connectivity index (χ3v) is 3.71. The van der Waals surface area contributed by atoms with Crippen molar-refractivity contribution in [3.8, 4) is 0 Å². The Hall–Kier alpha value is -1.07. The van der Waals surface area contributed by atoms with E-state index in [4.69, 9.17) is 0 Å². The van der Waals surface area contributed by atoms with Gasteiger partial charge in [-0.05, 0) is 36.8 Å². The molecule has 0 spiro atoms. The normalized spacial score (nSPS) is 22.6. The van der Waals surface area contributed by atoms with Gasteiger partial charge in [-0.3, -0.25) is 0 Å². The highest BCUT2D eigenvalue weighted by molar-refractivity contribution is 5.31. The molecule has 0 bridgehead atoms. The molecule has 20 heavy (non-hydrogen) atoms. The Balaban J connectivity index is 1.60. The summed E-state index contributed by atoms with van der Waals surface area (Å²) in [5, 5.41) is 3.23. The summed E-state index contributed by atoms with van der Waals surface area (Å²) in [5.74, 6) is 0.574. The zero-order valence-electron chi connectivity index (χ0n) is 11.5. The van der Waals surface area contributed by atoms with Gasteiger partial charge in [-0.1, -0.05) is 24.3 Å². The summed E-state index contributed by atoms with van der Waals surface area (Å²) in [4.78, 5) is 0. The average Bonchev–Trinajstić information content (AvgIpc) is 2.31. The Kier molecular flexibility index (Phi) is 5.05. The smallest absolute Gasteiger partial charge is 0.371 e. The molecule has 1 N–H and O–H groups in total. The molecule has 1 aromatic rings. The summed E-state index contributed by atoms with van der Waals surface area (Å²) in [6.45, 7) is 1.53. The van der Waals surface area contributed by atoms with Crippen LogP contribution in [0.5, 0.6) is 0 Å². The molecule has 0 saturated heterocycles. The molecule has 0 heterocycles. The van der Waals surface area contributed by atoms with E-state index in [2.05, 4.69) is 29.1 Å². The predicted octanol–water partition coefficient (Wildman–Crippen LogP) is 3.41. The highest BCUT2D eigenvalue weighted by Crippen LogP contribution is 2.38. The molecule has 1 aliphatic carbocycles. The SMILES string of the molecule is Cc1ccccc1C1CC(NCCOCC(F)(F)F)C1. The number of benzene rings is 1. The Morgan fingerprint density at radius 2 is 1.95 bits per heavy atom. The zero-order chi connectivity index (χ0) is 14.6. The van der Waals surface area contributed by atoms with Crippen molar-refractivity contribution >= 4 is 0 Å². The lowest BCUT2D eigenvalue weighted by atomic mass is 9.74. The van der Waals surface area contributed by atoms with Crippen LogP contribution < -0.4 is 5.32 Å². The lowest BCUT2D eigenvalue weighted by Gasteiger charge is -2.37. The van der Waals surface area contributed by atoms with Gasteiger partial charge in [0.1, 0.15) is 6.61 Å². The molecule has 0 aromatic heterocycles. The van der Waals surface area contributed by atoms with Crippen LogP contribution in [0.15, 0.2) is 24.3 Å². The van der Waals surface area contributed by atoms with E-state index < -0.39 is 12.8 Å². The molecule has 0 unspecified atom stereocenters. The maximum Gasteiger partial charge on any atom is 0.411 e. The first kappa shape index (κ1) is 15.3. The highest BCUT2D eigenvalue weighted by atomic mass is 19.4. The number of aryl methyl sites for hydroxylation is 1. The second-order valence-electron chi connectivity index (χ2n) is 5.34. The summed E-state index contributed by atoms with van der Waals surface area (Å²) in [6.07, 6.45) is -2.14. The topological polar surface area (TPSA) is 21.3 Å². The zero-order valence-corrected chi connectivity index (χ0v) is 11.5. The number of alkyl halides is 3. The van der Waals surface area contributed by atoms with Crippen LogP contribution in [0, 0.1) is 6.92 Å². The van der Waals surface area contributed by atoms with Crippen molar-refractivity contribution in [1.82, 2.24) is 5.32 Å². The molecule has 1 saturated carbocycles. The second kappa shape index (κ2) is 6.59. The van der Waals surface area contributed by atoms with E-state index in [0.29, 0.717) is 18.5 Å². The molecule has 0 radical (unpaired) electrons. The van der Waals surface area contributed by atoms with Crippen LogP contribution in [0.25, 0.3) is 0 Å². The van der Waals surface area contributed by atoms with Gasteiger partial charge >= 0.3 is 6.18 Å². The highest BCUT2D eigenvalue weighted by Gasteiger charge is 2.30. The molecule has 1 fully saturated rings. The molecule has 2 nitrogen and oxygen atoms in total. The van der Waals surface area contributed by atoms with Crippen molar-refractivity contribution in [2.75, 3.05) is 19.8 Å². The van der Waals surface area contributed by atoms with Gasteiger partial charge in [0.15, 0.2) is 0 Å². The van der Waals surface area contributed by atoms with E-state index in [1.807, 2.05) is 12.1 Å². The van der Waals surface area contributed by atoms with E-state index in [0.717, 1.165) is 12.8 Å². The third-order valence-electron chi connectivity index (χ3n) is 3.71. The molecule has 1 aromatic carbocycles. The lowest BCUT2D eigenvalue weighted by molar-refractivity contribution is -0.173. The molecule has 1 aliphatic rings. The van der Waals surface area contributed by atoms with Gasteiger partial charge in [-0.25, -0.2) is 0 Å². The van der Waals surface area contributed by atoms with Crippen molar-refractivity contribution in [3.05, 3.63) is 35.4 Å². The fourth-order valence-corrected chi connectivity index (χ4v) is 2.61. The van der Waals surface area contributed by atoms with Crippen molar-refractivity contribution in [3.63, 3.8) is 0 Å². The van der Waals surface area contributed by atoms with Crippen LogP contribution in [-0.2, 0) is 4.74 Å². The summed E-state index contributed by atoms with van der Waals surface area (Å²) < 4.78 is 40.1. The van der Waals surface area contributed by atoms with E-state index in [9.17, 15) is 13.2 Å². The maximum atomic E-state index is 11.9. The third kappa shape index (κ3) is 4.49. The Morgan fingerprint density at radius 1 is 1.25 bits per heavy atom. The van der Waals surface area contributed by atoms with Gasteiger partial charge in [0, 0.05) is 12.6 Å². The number of nitrogens with one attached hydrogen (secondary N) is 1. The molecular formula is C15H20F3NO. The fraction of sp³-hybridized carbons (Fsp3) is 0.600. The molecule has 0 aliphatic heterocycles. The first-order valence-corrected chi connectivity index (χ1v) is 6.89. The maximum absolute atomic E-state index is 11.9. The van der Waals surface area contributed by atoms with E-state index in [-0.39, 0.29) is 6.61 Å².